The molecule has 3 rings (SSSR count). The van der Waals surface area contributed by atoms with Gasteiger partial charge in [0.25, 0.3) is 6.47 Å². The van der Waals surface area contributed by atoms with Crippen molar-refractivity contribution in [3.63, 3.8) is 0 Å². The van der Waals surface area contributed by atoms with Gasteiger partial charge in [0.1, 0.15) is 23.6 Å². The Balaban J connectivity index is 0.000000545. The molecule has 0 spiro atoms. The molecule has 8 heteroatoms. The van der Waals surface area contributed by atoms with E-state index < -0.39 is 0 Å². The van der Waals surface area contributed by atoms with Crippen molar-refractivity contribution in [3.8, 4) is 0 Å². The van der Waals surface area contributed by atoms with E-state index in [0.29, 0.717) is 0 Å². The molecule has 0 aromatic carbocycles. The topological polar surface area (TPSA) is 97.9 Å². The minimum atomic E-state index is -0.250. The van der Waals surface area contributed by atoms with Crippen LogP contribution in [0.5, 0.6) is 0 Å². The first-order valence-electron chi connectivity index (χ1n) is 6.84. The first-order valence-corrected chi connectivity index (χ1v) is 6.84. The van der Waals surface area contributed by atoms with Crippen molar-refractivity contribution in [2.45, 2.75) is 19.9 Å². The number of aromatic nitrogens is 5. The van der Waals surface area contributed by atoms with Gasteiger partial charge in [-0.05, 0) is 12.5 Å². The predicted molar refractivity (Wildman–Crippen MR) is 83.0 cm³/mol. The van der Waals surface area contributed by atoms with E-state index in [9.17, 15) is 0 Å². The highest BCUT2D eigenvalue weighted by molar-refractivity contribution is 5.88. The number of hydrogen-bond acceptors (Lipinski definition) is 5. The number of carbonyl (C=O) groups is 1. The van der Waals surface area contributed by atoms with Crippen molar-refractivity contribution in [1.29, 1.82) is 0 Å². The Hall–Kier alpha value is -2.90. The van der Waals surface area contributed by atoms with Crippen molar-refractivity contribution in [1.82, 2.24) is 24.3 Å². The SMILES string of the molecule is CCCn1nccc1Nc1ncnc2c1ccn2C.O=CO. The normalized spacial score (nSPS) is 10.1. The molecule has 0 aliphatic rings. The Labute approximate surface area is 127 Å². The zero-order valence-electron chi connectivity index (χ0n) is 12.5. The molecule has 0 aliphatic carbocycles. The van der Waals surface area contributed by atoms with Gasteiger partial charge < -0.3 is 15.0 Å². The molecule has 0 bridgehead atoms. The van der Waals surface area contributed by atoms with Gasteiger partial charge in [-0.1, -0.05) is 6.92 Å². The molecule has 0 aliphatic heterocycles. The summed E-state index contributed by atoms with van der Waals surface area (Å²) < 4.78 is 3.92. The maximum Gasteiger partial charge on any atom is 0.290 e. The number of aryl methyl sites for hydroxylation is 2. The third-order valence-electron chi connectivity index (χ3n) is 3.06. The van der Waals surface area contributed by atoms with E-state index in [1.165, 1.54) is 0 Å². The molecule has 3 aromatic rings. The second kappa shape index (κ2) is 7.21. The summed E-state index contributed by atoms with van der Waals surface area (Å²) in [4.78, 5) is 17.0. The molecule has 2 N–H and O–H groups in total. The molecule has 0 saturated heterocycles. The van der Waals surface area contributed by atoms with Crippen LogP contribution in [0.25, 0.3) is 11.0 Å². The number of hydrogen-bond donors (Lipinski definition) is 2. The number of nitrogens with zero attached hydrogens (tertiary/aromatic N) is 5. The third kappa shape index (κ3) is 3.22. The average Bonchev–Trinajstić information content (AvgIpc) is 3.09. The molecule has 0 unspecified atom stereocenters. The van der Waals surface area contributed by atoms with E-state index in [-0.39, 0.29) is 6.47 Å². The molecule has 22 heavy (non-hydrogen) atoms. The first-order chi connectivity index (χ1) is 10.7. The van der Waals surface area contributed by atoms with Crippen LogP contribution in [-0.2, 0) is 18.4 Å². The molecule has 3 aromatic heterocycles. The number of nitrogens with one attached hydrogen (secondary N) is 1. The summed E-state index contributed by atoms with van der Waals surface area (Å²) >= 11 is 0. The summed E-state index contributed by atoms with van der Waals surface area (Å²) in [6.07, 6.45) is 6.39. The fourth-order valence-corrected chi connectivity index (χ4v) is 2.13. The Bertz CT molecular complexity index is 749. The summed E-state index contributed by atoms with van der Waals surface area (Å²) in [6.45, 7) is 2.77. The molecular weight excluding hydrogens is 284 g/mol. The fraction of sp³-hybridized carbons (Fsp3) is 0.286. The summed E-state index contributed by atoms with van der Waals surface area (Å²) in [5.41, 5.74) is 0.916. The standard InChI is InChI=1S/C13H16N6.CH2O2/c1-3-7-19-11(4-6-16-19)17-12-10-5-8-18(2)13(10)15-9-14-12;2-1-3/h4-6,8-9H,3,7H2,1-2H3,(H,14,15,17);1H,(H,2,3). The third-order valence-corrected chi connectivity index (χ3v) is 3.06. The van der Waals surface area contributed by atoms with E-state index in [1.807, 2.05) is 34.6 Å². The highest BCUT2D eigenvalue weighted by atomic mass is 16.3. The lowest BCUT2D eigenvalue weighted by atomic mass is 10.3. The summed E-state index contributed by atoms with van der Waals surface area (Å²) in [6, 6.07) is 3.96. The van der Waals surface area contributed by atoms with Gasteiger partial charge in [0, 0.05) is 25.9 Å². The number of carboxylic acid groups (broad SMARTS) is 1. The highest BCUT2D eigenvalue weighted by Gasteiger charge is 2.08. The lowest BCUT2D eigenvalue weighted by Crippen LogP contribution is -2.05. The van der Waals surface area contributed by atoms with Crippen LogP contribution >= 0.6 is 0 Å². The quantitative estimate of drug-likeness (QED) is 0.715. The smallest absolute Gasteiger partial charge is 0.290 e. The maximum absolute atomic E-state index is 8.36. The van der Waals surface area contributed by atoms with Crippen LogP contribution in [0.15, 0.2) is 30.9 Å². The molecule has 0 saturated carbocycles. The van der Waals surface area contributed by atoms with Gasteiger partial charge in [-0.15, -0.1) is 0 Å². The van der Waals surface area contributed by atoms with Gasteiger partial charge in [0.2, 0.25) is 0 Å². The van der Waals surface area contributed by atoms with E-state index >= 15 is 0 Å². The molecule has 3 heterocycles. The number of rotatable bonds is 4. The van der Waals surface area contributed by atoms with Gasteiger partial charge in [0.05, 0.1) is 11.6 Å². The zero-order chi connectivity index (χ0) is 15.9. The van der Waals surface area contributed by atoms with Crippen LogP contribution in [-0.4, -0.2) is 35.9 Å². The maximum atomic E-state index is 8.36. The Kier molecular flexibility index (Phi) is 5.07. The lowest BCUT2D eigenvalue weighted by Gasteiger charge is -2.09. The molecule has 0 atom stereocenters. The predicted octanol–water partition coefficient (Wildman–Crippen LogP) is 2.02. The van der Waals surface area contributed by atoms with Crippen LogP contribution in [0.2, 0.25) is 0 Å². The van der Waals surface area contributed by atoms with E-state index in [4.69, 9.17) is 9.90 Å². The summed E-state index contributed by atoms with van der Waals surface area (Å²) in [5.74, 6) is 1.76. The van der Waals surface area contributed by atoms with E-state index in [1.54, 1.807) is 12.5 Å². The highest BCUT2D eigenvalue weighted by Crippen LogP contribution is 2.23. The minimum Gasteiger partial charge on any atom is -0.483 e. The fourth-order valence-electron chi connectivity index (χ4n) is 2.13. The van der Waals surface area contributed by atoms with Gasteiger partial charge >= 0.3 is 0 Å². The molecule has 116 valence electrons. The largest absolute Gasteiger partial charge is 0.483 e. The number of anilines is 2. The van der Waals surface area contributed by atoms with Gasteiger partial charge in [0.15, 0.2) is 0 Å². The average molecular weight is 302 g/mol. The Morgan fingerprint density at radius 1 is 1.36 bits per heavy atom. The second-order valence-corrected chi connectivity index (χ2v) is 4.56. The molecule has 8 nitrogen and oxygen atoms in total. The van der Waals surface area contributed by atoms with Crippen molar-refractivity contribution in [2.24, 2.45) is 7.05 Å². The zero-order valence-corrected chi connectivity index (χ0v) is 12.5. The molecular formula is C14H18N6O2. The van der Waals surface area contributed by atoms with Gasteiger partial charge in [-0.2, -0.15) is 5.10 Å². The minimum absolute atomic E-state index is 0.250. The van der Waals surface area contributed by atoms with Crippen molar-refractivity contribution >= 4 is 29.1 Å². The summed E-state index contributed by atoms with van der Waals surface area (Å²) in [7, 11) is 1.97. The van der Waals surface area contributed by atoms with Crippen LogP contribution in [0, 0.1) is 0 Å². The van der Waals surface area contributed by atoms with Gasteiger partial charge in [-0.25, -0.2) is 14.6 Å². The van der Waals surface area contributed by atoms with Crippen molar-refractivity contribution < 1.29 is 9.90 Å². The lowest BCUT2D eigenvalue weighted by molar-refractivity contribution is -0.122. The van der Waals surface area contributed by atoms with Gasteiger partial charge in [-0.3, -0.25) is 4.79 Å². The van der Waals surface area contributed by atoms with E-state index in [2.05, 4.69) is 27.3 Å². The molecule has 0 amide bonds. The Morgan fingerprint density at radius 3 is 2.86 bits per heavy atom. The second-order valence-electron chi connectivity index (χ2n) is 4.56. The van der Waals surface area contributed by atoms with Crippen LogP contribution in [0.1, 0.15) is 13.3 Å². The van der Waals surface area contributed by atoms with Crippen LogP contribution < -0.4 is 5.32 Å². The van der Waals surface area contributed by atoms with Crippen LogP contribution in [0.4, 0.5) is 11.6 Å². The molecule has 0 radical (unpaired) electrons. The monoisotopic (exact) mass is 302 g/mol. The van der Waals surface area contributed by atoms with Crippen LogP contribution in [0.3, 0.4) is 0 Å². The van der Waals surface area contributed by atoms with Crippen molar-refractivity contribution in [3.05, 3.63) is 30.9 Å². The van der Waals surface area contributed by atoms with E-state index in [0.717, 1.165) is 35.6 Å². The summed E-state index contributed by atoms with van der Waals surface area (Å²) in [5, 5.41) is 15.5. The Morgan fingerprint density at radius 2 is 2.14 bits per heavy atom. The number of fused-ring (bicyclic) bond motifs is 1. The van der Waals surface area contributed by atoms with Crippen molar-refractivity contribution in [2.75, 3.05) is 5.32 Å². The first kappa shape index (κ1) is 15.5. The molecule has 0 fully saturated rings.